The van der Waals surface area contributed by atoms with Crippen LogP contribution in [0.4, 0.5) is 14.5 Å². The Morgan fingerprint density at radius 2 is 1.89 bits per heavy atom. The van der Waals surface area contributed by atoms with Gasteiger partial charge in [0.2, 0.25) is 0 Å². The van der Waals surface area contributed by atoms with Gasteiger partial charge in [0.25, 0.3) is 5.91 Å². The van der Waals surface area contributed by atoms with Crippen LogP contribution < -0.4 is 5.32 Å². The Morgan fingerprint density at radius 3 is 2.63 bits per heavy atom. The molecule has 0 bridgehead atoms. The molecule has 2 rings (SSSR count). The van der Waals surface area contributed by atoms with Crippen LogP contribution >= 0.6 is 24.2 Å². The molecular weight excluding hydrogens is 292 g/mol. The van der Waals surface area contributed by atoms with Gasteiger partial charge in [-0.15, -0.1) is 12.6 Å². The summed E-state index contributed by atoms with van der Waals surface area (Å²) in [4.78, 5) is 12.3. The summed E-state index contributed by atoms with van der Waals surface area (Å²) in [5, 5.41) is 2.51. The molecule has 98 valence electrons. The molecule has 2 nitrogen and oxygen atoms in total. The van der Waals surface area contributed by atoms with Crippen LogP contribution in [0.25, 0.3) is 0 Å². The number of benzene rings is 2. The average Bonchev–Trinajstić information content (AvgIpc) is 2.36. The predicted octanol–water partition coefficient (Wildman–Crippen LogP) is 4.16. The van der Waals surface area contributed by atoms with Gasteiger partial charge in [0.05, 0.1) is 16.3 Å². The first-order valence-electron chi connectivity index (χ1n) is 5.22. The van der Waals surface area contributed by atoms with Gasteiger partial charge < -0.3 is 5.32 Å². The highest BCUT2D eigenvalue weighted by Gasteiger charge is 2.14. The lowest BCUT2D eigenvalue weighted by atomic mass is 10.2. The van der Waals surface area contributed by atoms with Gasteiger partial charge in [-0.2, -0.15) is 0 Å². The third kappa shape index (κ3) is 3.24. The van der Waals surface area contributed by atoms with Crippen LogP contribution in [0.3, 0.4) is 0 Å². The van der Waals surface area contributed by atoms with E-state index >= 15 is 0 Å². The zero-order chi connectivity index (χ0) is 14.0. The molecule has 0 fully saturated rings. The lowest BCUT2D eigenvalue weighted by molar-refractivity contribution is 0.102. The second-order valence-corrected chi connectivity index (χ2v) is 4.67. The Balaban J connectivity index is 2.30. The Morgan fingerprint density at radius 1 is 1.16 bits per heavy atom. The summed E-state index contributed by atoms with van der Waals surface area (Å²) in [6.45, 7) is 0. The molecule has 0 aliphatic carbocycles. The minimum absolute atomic E-state index is 0.0793. The van der Waals surface area contributed by atoms with E-state index in [0.29, 0.717) is 4.90 Å². The Bertz CT molecular complexity index is 649. The first-order chi connectivity index (χ1) is 8.97. The van der Waals surface area contributed by atoms with E-state index in [4.69, 9.17) is 11.6 Å². The van der Waals surface area contributed by atoms with Gasteiger partial charge in [-0.3, -0.25) is 4.79 Å². The highest BCUT2D eigenvalue weighted by molar-refractivity contribution is 7.80. The third-order valence-electron chi connectivity index (χ3n) is 2.37. The number of thiol groups is 1. The quantitative estimate of drug-likeness (QED) is 0.801. The molecule has 1 N–H and O–H groups in total. The largest absolute Gasteiger partial charge is 0.320 e. The highest BCUT2D eigenvalue weighted by atomic mass is 35.5. The van der Waals surface area contributed by atoms with Crippen molar-refractivity contribution in [2.45, 2.75) is 4.90 Å². The van der Waals surface area contributed by atoms with Crippen LogP contribution in [-0.2, 0) is 0 Å². The Labute approximate surface area is 118 Å². The monoisotopic (exact) mass is 299 g/mol. The lowest BCUT2D eigenvalue weighted by Crippen LogP contribution is -2.14. The zero-order valence-corrected chi connectivity index (χ0v) is 11.1. The summed E-state index contributed by atoms with van der Waals surface area (Å²) >= 11 is 9.83. The van der Waals surface area contributed by atoms with Gasteiger partial charge in [0, 0.05) is 4.90 Å². The molecule has 0 spiro atoms. The topological polar surface area (TPSA) is 29.1 Å². The summed E-state index contributed by atoms with van der Waals surface area (Å²) in [6, 6.07) is 7.35. The number of hydrogen-bond donors (Lipinski definition) is 2. The van der Waals surface area contributed by atoms with Crippen LogP contribution in [0.1, 0.15) is 10.4 Å². The van der Waals surface area contributed by atoms with Crippen LogP contribution in [0.2, 0.25) is 5.02 Å². The Kier molecular flexibility index (Phi) is 4.07. The highest BCUT2D eigenvalue weighted by Crippen LogP contribution is 2.23. The van der Waals surface area contributed by atoms with Gasteiger partial charge in [-0.1, -0.05) is 11.6 Å². The number of rotatable bonds is 2. The normalized spacial score (nSPS) is 10.3. The molecule has 0 atom stereocenters. The smallest absolute Gasteiger partial charge is 0.258 e. The van der Waals surface area contributed by atoms with E-state index in [1.54, 1.807) is 0 Å². The van der Waals surface area contributed by atoms with Crippen molar-refractivity contribution in [3.05, 3.63) is 58.6 Å². The van der Waals surface area contributed by atoms with Gasteiger partial charge in [0.15, 0.2) is 0 Å². The number of hydrogen-bond acceptors (Lipinski definition) is 2. The van der Waals surface area contributed by atoms with Crippen molar-refractivity contribution in [2.24, 2.45) is 0 Å². The fraction of sp³-hybridized carbons (Fsp3) is 0. The first kappa shape index (κ1) is 13.8. The van der Waals surface area contributed by atoms with E-state index in [1.807, 2.05) is 0 Å². The predicted molar refractivity (Wildman–Crippen MR) is 73.0 cm³/mol. The summed E-state index contributed by atoms with van der Waals surface area (Å²) in [5.41, 5.74) is -0.108. The summed E-state index contributed by atoms with van der Waals surface area (Å²) in [6.07, 6.45) is 0. The van der Waals surface area contributed by atoms with Gasteiger partial charge >= 0.3 is 0 Å². The fourth-order valence-corrected chi connectivity index (χ4v) is 1.84. The minimum atomic E-state index is -0.721. The SMILES string of the molecule is O=C(Nc1cc(F)ccc1Cl)c1cc(S)ccc1F. The molecular formula is C13H8ClF2NOS. The molecule has 0 aliphatic rings. The summed E-state index contributed by atoms with van der Waals surface area (Å²) in [5.74, 6) is -1.97. The van der Waals surface area contributed by atoms with Gasteiger partial charge in [-0.25, -0.2) is 8.78 Å². The van der Waals surface area contributed by atoms with Crippen molar-refractivity contribution in [2.75, 3.05) is 5.32 Å². The van der Waals surface area contributed by atoms with Crippen molar-refractivity contribution >= 4 is 35.8 Å². The van der Waals surface area contributed by atoms with Crippen LogP contribution in [0.5, 0.6) is 0 Å². The second-order valence-electron chi connectivity index (χ2n) is 3.74. The molecule has 6 heteroatoms. The standard InChI is InChI=1S/C13H8ClF2NOS/c14-10-3-1-7(15)5-12(10)17-13(18)9-6-8(19)2-4-11(9)16/h1-6,19H,(H,17,18). The third-order valence-corrected chi connectivity index (χ3v) is 2.98. The van der Waals surface area contributed by atoms with Crippen molar-refractivity contribution < 1.29 is 13.6 Å². The van der Waals surface area contributed by atoms with Crippen molar-refractivity contribution in [3.8, 4) is 0 Å². The molecule has 0 heterocycles. The fourth-order valence-electron chi connectivity index (χ4n) is 1.47. The lowest BCUT2D eigenvalue weighted by Gasteiger charge is -2.08. The zero-order valence-electron chi connectivity index (χ0n) is 9.45. The number of anilines is 1. The van der Waals surface area contributed by atoms with Crippen molar-refractivity contribution in [1.29, 1.82) is 0 Å². The molecule has 2 aromatic carbocycles. The molecule has 2 aromatic rings. The van der Waals surface area contributed by atoms with E-state index < -0.39 is 17.5 Å². The van der Waals surface area contributed by atoms with E-state index in [9.17, 15) is 13.6 Å². The van der Waals surface area contributed by atoms with Crippen molar-refractivity contribution in [1.82, 2.24) is 0 Å². The van der Waals surface area contributed by atoms with Gasteiger partial charge in [0.1, 0.15) is 11.6 Å². The molecule has 0 unspecified atom stereocenters. The van der Waals surface area contributed by atoms with E-state index in [1.165, 1.54) is 18.2 Å². The summed E-state index contributed by atoms with van der Waals surface area (Å²) in [7, 11) is 0. The van der Waals surface area contributed by atoms with Crippen LogP contribution in [-0.4, -0.2) is 5.91 Å². The molecule has 19 heavy (non-hydrogen) atoms. The van der Waals surface area contributed by atoms with Crippen LogP contribution in [0.15, 0.2) is 41.3 Å². The Hall–Kier alpha value is -1.59. The van der Waals surface area contributed by atoms with Gasteiger partial charge in [-0.05, 0) is 36.4 Å². The maximum absolute atomic E-state index is 13.5. The minimum Gasteiger partial charge on any atom is -0.320 e. The van der Waals surface area contributed by atoms with E-state index in [0.717, 1.165) is 18.2 Å². The molecule has 0 aromatic heterocycles. The molecule has 0 aliphatic heterocycles. The molecule has 1 amide bonds. The average molecular weight is 300 g/mol. The maximum atomic E-state index is 13.5. The number of carbonyl (C=O) groups excluding carboxylic acids is 1. The second kappa shape index (κ2) is 5.59. The number of nitrogens with one attached hydrogen (secondary N) is 1. The first-order valence-corrected chi connectivity index (χ1v) is 6.05. The number of halogens is 3. The summed E-state index contributed by atoms with van der Waals surface area (Å²) < 4.78 is 26.5. The number of amides is 1. The number of carbonyl (C=O) groups is 1. The van der Waals surface area contributed by atoms with Crippen LogP contribution in [0, 0.1) is 11.6 Å². The van der Waals surface area contributed by atoms with E-state index in [2.05, 4.69) is 17.9 Å². The van der Waals surface area contributed by atoms with Crippen molar-refractivity contribution in [3.63, 3.8) is 0 Å². The molecule has 0 saturated carbocycles. The molecule has 0 saturated heterocycles. The molecule has 0 radical (unpaired) electrons. The van der Waals surface area contributed by atoms with E-state index in [-0.39, 0.29) is 16.3 Å². The maximum Gasteiger partial charge on any atom is 0.258 e.